The van der Waals surface area contributed by atoms with Gasteiger partial charge in [0.15, 0.2) is 0 Å². The number of aryl methyl sites for hydroxylation is 1. The normalized spacial score (nSPS) is 10.9. The standard InChI is InChI=1S/C11H13FN4O2/c1-7(2)18-10-6-8(12)4-5-9(10)16-11(17)15(3)13-14-16/h4-7H,1-3H3. The Morgan fingerprint density at radius 3 is 2.61 bits per heavy atom. The molecule has 0 radical (unpaired) electrons. The molecule has 0 atom stereocenters. The van der Waals surface area contributed by atoms with Gasteiger partial charge in [-0.15, -0.1) is 0 Å². The molecule has 2 aromatic rings. The van der Waals surface area contributed by atoms with Crippen LogP contribution in [0.15, 0.2) is 23.0 Å². The Hall–Kier alpha value is -2.18. The molecule has 0 saturated carbocycles. The van der Waals surface area contributed by atoms with Gasteiger partial charge in [0.2, 0.25) is 0 Å². The molecule has 7 heteroatoms. The van der Waals surface area contributed by atoms with E-state index in [0.717, 1.165) is 9.36 Å². The number of aromatic nitrogens is 4. The van der Waals surface area contributed by atoms with Crippen molar-refractivity contribution >= 4 is 0 Å². The minimum Gasteiger partial charge on any atom is -0.489 e. The van der Waals surface area contributed by atoms with Gasteiger partial charge >= 0.3 is 5.69 Å². The molecule has 0 spiro atoms. The first-order chi connectivity index (χ1) is 8.49. The summed E-state index contributed by atoms with van der Waals surface area (Å²) in [6.07, 6.45) is -0.141. The van der Waals surface area contributed by atoms with E-state index in [4.69, 9.17) is 4.74 Å². The van der Waals surface area contributed by atoms with Crippen molar-refractivity contribution in [1.82, 2.24) is 19.8 Å². The third-order valence-corrected chi connectivity index (χ3v) is 2.23. The summed E-state index contributed by atoms with van der Waals surface area (Å²) in [6.45, 7) is 3.63. The van der Waals surface area contributed by atoms with Crippen molar-refractivity contribution < 1.29 is 9.13 Å². The molecule has 0 N–H and O–H groups in total. The average Bonchev–Trinajstić information content (AvgIpc) is 2.60. The Labute approximate surface area is 103 Å². The molecule has 0 unspecified atom stereocenters. The molecule has 1 heterocycles. The average molecular weight is 252 g/mol. The monoisotopic (exact) mass is 252 g/mol. The Morgan fingerprint density at radius 2 is 2.06 bits per heavy atom. The maximum atomic E-state index is 13.2. The van der Waals surface area contributed by atoms with Gasteiger partial charge in [0.25, 0.3) is 0 Å². The van der Waals surface area contributed by atoms with E-state index in [1.807, 2.05) is 13.8 Å². The van der Waals surface area contributed by atoms with Crippen LogP contribution in [0, 0.1) is 5.82 Å². The zero-order valence-corrected chi connectivity index (χ0v) is 10.3. The highest BCUT2D eigenvalue weighted by molar-refractivity contribution is 5.46. The summed E-state index contributed by atoms with van der Waals surface area (Å²) in [4.78, 5) is 11.7. The van der Waals surface area contributed by atoms with Crippen molar-refractivity contribution in [2.24, 2.45) is 7.05 Å². The lowest BCUT2D eigenvalue weighted by molar-refractivity contribution is 0.240. The summed E-state index contributed by atoms with van der Waals surface area (Å²) >= 11 is 0. The Bertz CT molecular complexity index is 618. The van der Waals surface area contributed by atoms with Gasteiger partial charge < -0.3 is 4.74 Å². The van der Waals surface area contributed by atoms with E-state index in [1.54, 1.807) is 0 Å². The van der Waals surface area contributed by atoms with E-state index in [9.17, 15) is 9.18 Å². The van der Waals surface area contributed by atoms with Crippen LogP contribution in [0.4, 0.5) is 4.39 Å². The third kappa shape index (κ3) is 2.24. The molecule has 18 heavy (non-hydrogen) atoms. The van der Waals surface area contributed by atoms with Gasteiger partial charge in [0.05, 0.1) is 6.10 Å². The van der Waals surface area contributed by atoms with E-state index < -0.39 is 11.5 Å². The van der Waals surface area contributed by atoms with E-state index >= 15 is 0 Å². The minimum atomic E-state index is -0.439. The lowest BCUT2D eigenvalue weighted by Gasteiger charge is -2.13. The maximum Gasteiger partial charge on any atom is 0.368 e. The van der Waals surface area contributed by atoms with Gasteiger partial charge in [-0.1, -0.05) is 0 Å². The Balaban J connectivity index is 2.56. The van der Waals surface area contributed by atoms with Crippen LogP contribution in [0.2, 0.25) is 0 Å². The molecule has 0 amide bonds. The maximum absolute atomic E-state index is 13.2. The van der Waals surface area contributed by atoms with Crippen LogP contribution < -0.4 is 10.4 Å². The van der Waals surface area contributed by atoms with Crippen molar-refractivity contribution in [3.05, 3.63) is 34.5 Å². The number of ether oxygens (including phenoxy) is 1. The molecule has 0 aliphatic carbocycles. The Morgan fingerprint density at radius 1 is 1.33 bits per heavy atom. The predicted molar refractivity (Wildman–Crippen MR) is 62.3 cm³/mol. The number of hydrogen-bond acceptors (Lipinski definition) is 4. The van der Waals surface area contributed by atoms with Gasteiger partial charge in [-0.2, -0.15) is 9.36 Å². The van der Waals surface area contributed by atoms with E-state index in [1.165, 1.54) is 25.2 Å². The molecule has 0 fully saturated rings. The fourth-order valence-corrected chi connectivity index (χ4v) is 1.48. The van der Waals surface area contributed by atoms with Gasteiger partial charge in [0, 0.05) is 13.1 Å². The lowest BCUT2D eigenvalue weighted by atomic mass is 10.3. The summed E-state index contributed by atoms with van der Waals surface area (Å²) in [5.74, 6) is -0.182. The van der Waals surface area contributed by atoms with Crippen molar-refractivity contribution in [2.75, 3.05) is 0 Å². The number of hydrogen-bond donors (Lipinski definition) is 0. The summed E-state index contributed by atoms with van der Waals surface area (Å²) in [6, 6.07) is 3.89. The van der Waals surface area contributed by atoms with E-state index in [0.29, 0.717) is 5.69 Å². The summed E-state index contributed by atoms with van der Waals surface area (Å²) in [7, 11) is 1.48. The fourth-order valence-electron chi connectivity index (χ4n) is 1.48. The first-order valence-electron chi connectivity index (χ1n) is 5.44. The van der Waals surface area contributed by atoms with Crippen LogP contribution in [0.5, 0.6) is 5.75 Å². The molecule has 6 nitrogen and oxygen atoms in total. The zero-order chi connectivity index (χ0) is 13.3. The molecule has 0 bridgehead atoms. The number of nitrogens with zero attached hydrogens (tertiary/aromatic N) is 4. The molecule has 96 valence electrons. The van der Waals surface area contributed by atoms with Crippen molar-refractivity contribution in [3.63, 3.8) is 0 Å². The molecule has 0 saturated heterocycles. The second kappa shape index (κ2) is 4.59. The minimum absolute atomic E-state index is 0.141. The number of halogens is 1. The highest BCUT2D eigenvalue weighted by Gasteiger charge is 2.13. The van der Waals surface area contributed by atoms with Gasteiger partial charge in [-0.25, -0.2) is 9.18 Å². The van der Waals surface area contributed by atoms with Crippen molar-refractivity contribution in [2.45, 2.75) is 20.0 Å². The van der Waals surface area contributed by atoms with Crippen LogP contribution >= 0.6 is 0 Å². The van der Waals surface area contributed by atoms with Gasteiger partial charge in [-0.3, -0.25) is 0 Å². The number of tetrazole rings is 1. The van der Waals surface area contributed by atoms with E-state index in [2.05, 4.69) is 10.4 Å². The first kappa shape index (κ1) is 12.3. The van der Waals surface area contributed by atoms with Crippen LogP contribution in [-0.4, -0.2) is 25.9 Å². The molecule has 1 aromatic carbocycles. The van der Waals surface area contributed by atoms with Crippen molar-refractivity contribution in [3.8, 4) is 11.4 Å². The van der Waals surface area contributed by atoms with Gasteiger partial charge in [0.1, 0.15) is 17.3 Å². The lowest BCUT2D eigenvalue weighted by Crippen LogP contribution is -2.23. The second-order valence-electron chi connectivity index (χ2n) is 4.08. The quantitative estimate of drug-likeness (QED) is 0.814. The molecule has 0 aliphatic rings. The molecule has 0 aliphatic heterocycles. The summed E-state index contributed by atoms with van der Waals surface area (Å²) < 4.78 is 20.8. The van der Waals surface area contributed by atoms with Gasteiger partial charge in [-0.05, 0) is 36.4 Å². The van der Waals surface area contributed by atoms with Crippen LogP contribution in [-0.2, 0) is 7.05 Å². The SMILES string of the molecule is CC(C)Oc1cc(F)ccc1-n1nnn(C)c1=O. The molecule has 1 aromatic heterocycles. The zero-order valence-electron chi connectivity index (χ0n) is 10.3. The summed E-state index contributed by atoms with van der Waals surface area (Å²) in [5.41, 5.74) is -0.0570. The molecular weight excluding hydrogens is 239 g/mol. The topological polar surface area (TPSA) is 61.9 Å². The first-order valence-corrected chi connectivity index (χ1v) is 5.44. The highest BCUT2D eigenvalue weighted by Crippen LogP contribution is 2.23. The van der Waals surface area contributed by atoms with Crippen LogP contribution in [0.25, 0.3) is 5.69 Å². The second-order valence-corrected chi connectivity index (χ2v) is 4.08. The van der Waals surface area contributed by atoms with Crippen molar-refractivity contribution in [1.29, 1.82) is 0 Å². The largest absolute Gasteiger partial charge is 0.489 e. The smallest absolute Gasteiger partial charge is 0.368 e. The Kier molecular flexibility index (Phi) is 3.14. The fraction of sp³-hybridized carbons (Fsp3) is 0.364. The highest BCUT2D eigenvalue weighted by atomic mass is 19.1. The molecule has 2 rings (SSSR count). The summed E-state index contributed by atoms with van der Waals surface area (Å²) in [5, 5.41) is 7.30. The number of benzene rings is 1. The number of rotatable bonds is 3. The third-order valence-electron chi connectivity index (χ3n) is 2.23. The predicted octanol–water partition coefficient (Wildman–Crippen LogP) is 0.892. The van der Waals surface area contributed by atoms with Crippen LogP contribution in [0.1, 0.15) is 13.8 Å². The van der Waals surface area contributed by atoms with E-state index in [-0.39, 0.29) is 11.9 Å². The van der Waals surface area contributed by atoms with Crippen LogP contribution in [0.3, 0.4) is 0 Å². The molecular formula is C11H13FN4O2.